The number of rotatable bonds is 3. The van der Waals surface area contributed by atoms with Crippen molar-refractivity contribution in [1.82, 2.24) is 9.97 Å². The maximum Gasteiger partial charge on any atom is 0.340 e. The maximum atomic E-state index is 10.4. The predicted octanol–water partition coefficient (Wildman–Crippen LogP) is 1.39. The van der Waals surface area contributed by atoms with Gasteiger partial charge >= 0.3 is 5.82 Å². The maximum absolute atomic E-state index is 10.4. The van der Waals surface area contributed by atoms with Crippen LogP contribution in [0.2, 0.25) is 0 Å². The molecule has 0 aromatic carbocycles. The summed E-state index contributed by atoms with van der Waals surface area (Å²) in [5.41, 5.74) is -0.437. The minimum absolute atomic E-state index is 0.157. The molecule has 2 unspecified atom stereocenters. The standard InChI is InChI=1S/C7H8ClN3O3/c1-7(3-14-7)5(8)6-9-2-4(10-6)11(12)13/h2,5H,3H2,1H3,(H,9,10). The van der Waals surface area contributed by atoms with Crippen LogP contribution in [0.1, 0.15) is 18.1 Å². The number of imidazole rings is 1. The average molecular weight is 218 g/mol. The van der Waals surface area contributed by atoms with Gasteiger partial charge in [0.15, 0.2) is 0 Å². The molecule has 0 aliphatic carbocycles. The van der Waals surface area contributed by atoms with E-state index in [0.717, 1.165) is 6.20 Å². The van der Waals surface area contributed by atoms with Gasteiger partial charge in [-0.3, -0.25) is 0 Å². The molecule has 0 saturated carbocycles. The van der Waals surface area contributed by atoms with Gasteiger partial charge in [0, 0.05) is 0 Å². The lowest BCUT2D eigenvalue weighted by Gasteiger charge is -2.07. The first kappa shape index (κ1) is 9.42. The Balaban J connectivity index is 2.20. The van der Waals surface area contributed by atoms with Crippen molar-refractivity contribution >= 4 is 17.4 Å². The molecule has 1 fully saturated rings. The number of hydrogen-bond donors (Lipinski definition) is 1. The molecule has 76 valence electrons. The van der Waals surface area contributed by atoms with Gasteiger partial charge in [0.1, 0.15) is 17.2 Å². The summed E-state index contributed by atoms with van der Waals surface area (Å²) in [7, 11) is 0. The summed E-state index contributed by atoms with van der Waals surface area (Å²) in [5.74, 6) is 0.216. The molecule has 0 radical (unpaired) electrons. The van der Waals surface area contributed by atoms with Crippen LogP contribution in [0.15, 0.2) is 6.20 Å². The zero-order valence-corrected chi connectivity index (χ0v) is 8.11. The molecule has 1 N–H and O–H groups in total. The Labute approximate surface area is 84.4 Å². The van der Waals surface area contributed by atoms with E-state index in [4.69, 9.17) is 16.3 Å². The normalized spacial score (nSPS) is 27.3. The van der Waals surface area contributed by atoms with Crippen molar-refractivity contribution in [1.29, 1.82) is 0 Å². The highest BCUT2D eigenvalue weighted by Crippen LogP contribution is 2.43. The zero-order valence-electron chi connectivity index (χ0n) is 7.36. The van der Waals surface area contributed by atoms with Crippen LogP contribution in [-0.2, 0) is 4.74 Å². The molecule has 2 atom stereocenters. The molecule has 1 aliphatic heterocycles. The molecular formula is C7H8ClN3O3. The van der Waals surface area contributed by atoms with Gasteiger partial charge in [-0.05, 0) is 11.8 Å². The molecule has 0 amide bonds. The van der Waals surface area contributed by atoms with Crippen LogP contribution >= 0.6 is 11.6 Å². The van der Waals surface area contributed by atoms with Gasteiger partial charge < -0.3 is 14.9 Å². The number of H-pyrrole nitrogens is 1. The molecule has 7 heteroatoms. The number of halogens is 1. The molecule has 1 aromatic rings. The fraction of sp³-hybridized carbons (Fsp3) is 0.571. The van der Waals surface area contributed by atoms with E-state index in [2.05, 4.69) is 9.97 Å². The van der Waals surface area contributed by atoms with Crippen LogP contribution in [0, 0.1) is 10.1 Å². The minimum atomic E-state index is -0.545. The third kappa shape index (κ3) is 1.46. The Kier molecular flexibility index (Phi) is 1.97. The highest BCUT2D eigenvalue weighted by Gasteiger charge is 2.49. The lowest BCUT2D eigenvalue weighted by molar-refractivity contribution is -0.389. The number of aromatic amines is 1. The van der Waals surface area contributed by atoms with Crippen LogP contribution in [0.25, 0.3) is 0 Å². The van der Waals surface area contributed by atoms with E-state index in [-0.39, 0.29) is 5.82 Å². The minimum Gasteiger partial charge on any atom is -0.368 e. The second-order valence-electron chi connectivity index (χ2n) is 3.37. The van der Waals surface area contributed by atoms with Crippen molar-refractivity contribution in [2.45, 2.75) is 17.9 Å². The molecule has 0 bridgehead atoms. The number of nitro groups is 1. The second kappa shape index (κ2) is 2.93. The molecule has 2 rings (SSSR count). The van der Waals surface area contributed by atoms with E-state index in [0.29, 0.717) is 12.4 Å². The van der Waals surface area contributed by atoms with Crippen LogP contribution in [0.3, 0.4) is 0 Å². The number of hydrogen-bond acceptors (Lipinski definition) is 4. The van der Waals surface area contributed by atoms with Gasteiger partial charge in [-0.15, -0.1) is 11.6 Å². The number of ether oxygens (including phenoxy) is 1. The fourth-order valence-electron chi connectivity index (χ4n) is 1.10. The van der Waals surface area contributed by atoms with E-state index in [1.54, 1.807) is 0 Å². The third-order valence-corrected chi connectivity index (χ3v) is 2.82. The Bertz CT molecular complexity index is 374. The van der Waals surface area contributed by atoms with Gasteiger partial charge in [0.2, 0.25) is 5.82 Å². The van der Waals surface area contributed by atoms with Crippen LogP contribution in [0.5, 0.6) is 0 Å². The summed E-state index contributed by atoms with van der Waals surface area (Å²) < 4.78 is 5.12. The van der Waals surface area contributed by atoms with E-state index in [9.17, 15) is 10.1 Å². The van der Waals surface area contributed by atoms with Crippen molar-refractivity contribution in [3.8, 4) is 0 Å². The molecule has 1 aromatic heterocycles. The zero-order chi connectivity index (χ0) is 10.3. The molecule has 2 heterocycles. The summed E-state index contributed by atoms with van der Waals surface area (Å²) >= 11 is 6.02. The van der Waals surface area contributed by atoms with Gasteiger partial charge in [-0.1, -0.05) is 0 Å². The largest absolute Gasteiger partial charge is 0.368 e. The molecule has 0 spiro atoms. The lowest BCUT2D eigenvalue weighted by Crippen LogP contribution is -2.14. The van der Waals surface area contributed by atoms with Gasteiger partial charge in [0.25, 0.3) is 0 Å². The first-order valence-electron chi connectivity index (χ1n) is 4.00. The Morgan fingerprint density at radius 1 is 1.93 bits per heavy atom. The smallest absolute Gasteiger partial charge is 0.340 e. The molecule has 1 saturated heterocycles. The number of nitrogens with zero attached hydrogens (tertiary/aromatic N) is 2. The van der Waals surface area contributed by atoms with Crippen LogP contribution < -0.4 is 0 Å². The average Bonchev–Trinajstić information content (AvgIpc) is 2.69. The van der Waals surface area contributed by atoms with Crippen molar-refractivity contribution in [2.75, 3.05) is 6.61 Å². The quantitative estimate of drug-likeness (QED) is 0.359. The number of epoxide rings is 1. The van der Waals surface area contributed by atoms with E-state index in [1.807, 2.05) is 6.92 Å². The van der Waals surface area contributed by atoms with Crippen LogP contribution in [0.4, 0.5) is 5.82 Å². The topological polar surface area (TPSA) is 84.3 Å². The van der Waals surface area contributed by atoms with Crippen molar-refractivity contribution < 1.29 is 9.66 Å². The van der Waals surface area contributed by atoms with E-state index in [1.165, 1.54) is 0 Å². The number of nitrogens with one attached hydrogen (secondary N) is 1. The summed E-state index contributed by atoms with van der Waals surface area (Å²) in [6.07, 6.45) is 1.15. The fourth-order valence-corrected chi connectivity index (χ4v) is 1.33. The SMILES string of the molecule is CC1(C(Cl)c2ncc([N+](=O)[O-])[nH]2)CO1. The van der Waals surface area contributed by atoms with Gasteiger partial charge in [-0.2, -0.15) is 0 Å². The van der Waals surface area contributed by atoms with Crippen molar-refractivity contribution in [2.24, 2.45) is 0 Å². The summed E-state index contributed by atoms with van der Waals surface area (Å²) in [5, 5.41) is 9.89. The Morgan fingerprint density at radius 3 is 3.00 bits per heavy atom. The number of aromatic nitrogens is 2. The predicted molar refractivity (Wildman–Crippen MR) is 48.2 cm³/mol. The Hall–Kier alpha value is -1.14. The Morgan fingerprint density at radius 2 is 2.57 bits per heavy atom. The monoisotopic (exact) mass is 217 g/mol. The van der Waals surface area contributed by atoms with Crippen LogP contribution in [-0.4, -0.2) is 27.1 Å². The third-order valence-electron chi connectivity index (χ3n) is 2.15. The highest BCUT2D eigenvalue weighted by molar-refractivity contribution is 6.21. The summed E-state index contributed by atoms with van der Waals surface area (Å²) in [6, 6.07) is 0. The van der Waals surface area contributed by atoms with Crippen molar-refractivity contribution in [3.63, 3.8) is 0 Å². The van der Waals surface area contributed by atoms with E-state index >= 15 is 0 Å². The highest BCUT2D eigenvalue weighted by atomic mass is 35.5. The summed E-state index contributed by atoms with van der Waals surface area (Å²) in [4.78, 5) is 16.2. The molecule has 14 heavy (non-hydrogen) atoms. The van der Waals surface area contributed by atoms with Gasteiger partial charge in [-0.25, -0.2) is 9.97 Å². The molecule has 6 nitrogen and oxygen atoms in total. The van der Waals surface area contributed by atoms with E-state index < -0.39 is 15.9 Å². The second-order valence-corrected chi connectivity index (χ2v) is 3.81. The lowest BCUT2D eigenvalue weighted by atomic mass is 10.1. The first-order valence-corrected chi connectivity index (χ1v) is 4.44. The van der Waals surface area contributed by atoms with Gasteiger partial charge in [0.05, 0.1) is 6.61 Å². The summed E-state index contributed by atoms with van der Waals surface area (Å²) in [6.45, 7) is 2.38. The number of alkyl halides is 1. The first-order chi connectivity index (χ1) is 6.53. The molecule has 1 aliphatic rings. The molecular weight excluding hydrogens is 210 g/mol. The van der Waals surface area contributed by atoms with Crippen molar-refractivity contribution in [3.05, 3.63) is 22.1 Å².